The van der Waals surface area contributed by atoms with Crippen LogP contribution in [0.5, 0.6) is 11.5 Å². The monoisotopic (exact) mass is 487 g/mol. The Balaban J connectivity index is 0.00000364. The quantitative estimate of drug-likeness (QED) is 0.355. The largest absolute Gasteiger partial charge is 0.493 e. The predicted octanol–water partition coefficient (Wildman–Crippen LogP) is 3.64. The Labute approximate surface area is 178 Å². The minimum Gasteiger partial charge on any atom is -0.493 e. The SMILES string of the molecule is CCNC(=NCc1c(C)nn(C)c1C)Nc1ccc(OC)c(OCC)c1.I. The lowest BCUT2D eigenvalue weighted by molar-refractivity contribution is 0.311. The van der Waals surface area contributed by atoms with E-state index in [0.29, 0.717) is 30.6 Å². The molecule has 2 rings (SSSR count). The summed E-state index contributed by atoms with van der Waals surface area (Å²) in [5.41, 5.74) is 4.17. The molecular weight excluding hydrogens is 457 g/mol. The number of rotatable bonds is 7. The minimum atomic E-state index is 0. The molecule has 0 radical (unpaired) electrons. The Bertz CT molecular complexity index is 774. The molecule has 0 aliphatic rings. The van der Waals surface area contributed by atoms with Gasteiger partial charge in [-0.15, -0.1) is 24.0 Å². The lowest BCUT2D eigenvalue weighted by Gasteiger charge is -2.14. The molecule has 1 aromatic heterocycles. The van der Waals surface area contributed by atoms with E-state index < -0.39 is 0 Å². The predicted molar refractivity (Wildman–Crippen MR) is 121 cm³/mol. The van der Waals surface area contributed by atoms with Gasteiger partial charge in [0.05, 0.1) is 26.0 Å². The van der Waals surface area contributed by atoms with Crippen LogP contribution >= 0.6 is 24.0 Å². The van der Waals surface area contributed by atoms with Crippen LogP contribution in [0, 0.1) is 13.8 Å². The second-order valence-electron chi connectivity index (χ2n) is 5.89. The van der Waals surface area contributed by atoms with Crippen molar-refractivity contribution in [1.82, 2.24) is 15.1 Å². The molecule has 0 unspecified atom stereocenters. The van der Waals surface area contributed by atoms with Crippen molar-refractivity contribution in [1.29, 1.82) is 0 Å². The van der Waals surface area contributed by atoms with Crippen LogP contribution in [0.1, 0.15) is 30.8 Å². The van der Waals surface area contributed by atoms with Crippen molar-refractivity contribution in [3.05, 3.63) is 35.2 Å². The van der Waals surface area contributed by atoms with Crippen LogP contribution in [-0.2, 0) is 13.6 Å². The lowest BCUT2D eigenvalue weighted by Crippen LogP contribution is -2.30. The fourth-order valence-electron chi connectivity index (χ4n) is 2.67. The van der Waals surface area contributed by atoms with Gasteiger partial charge in [-0.2, -0.15) is 5.10 Å². The number of aryl methyl sites for hydroxylation is 2. The first-order chi connectivity index (χ1) is 12.5. The van der Waals surface area contributed by atoms with Crippen molar-refractivity contribution in [3.8, 4) is 11.5 Å². The number of guanidine groups is 1. The summed E-state index contributed by atoms with van der Waals surface area (Å²) in [6, 6.07) is 5.73. The van der Waals surface area contributed by atoms with E-state index in [9.17, 15) is 0 Å². The zero-order valence-corrected chi connectivity index (χ0v) is 19.3. The van der Waals surface area contributed by atoms with Gasteiger partial charge in [-0.05, 0) is 39.8 Å². The van der Waals surface area contributed by atoms with E-state index in [1.54, 1.807) is 7.11 Å². The van der Waals surface area contributed by atoms with Crippen LogP contribution in [0.25, 0.3) is 0 Å². The molecule has 0 aliphatic carbocycles. The average Bonchev–Trinajstić information content (AvgIpc) is 2.86. The van der Waals surface area contributed by atoms with E-state index in [4.69, 9.17) is 14.5 Å². The number of nitrogens with one attached hydrogen (secondary N) is 2. The summed E-state index contributed by atoms with van der Waals surface area (Å²) in [5, 5.41) is 11.0. The summed E-state index contributed by atoms with van der Waals surface area (Å²) < 4.78 is 12.9. The molecule has 27 heavy (non-hydrogen) atoms. The summed E-state index contributed by atoms with van der Waals surface area (Å²) in [4.78, 5) is 4.70. The van der Waals surface area contributed by atoms with Crippen molar-refractivity contribution < 1.29 is 9.47 Å². The highest BCUT2D eigenvalue weighted by atomic mass is 127. The number of aromatic nitrogens is 2. The zero-order chi connectivity index (χ0) is 19.1. The fraction of sp³-hybridized carbons (Fsp3) is 0.474. The highest BCUT2D eigenvalue weighted by Crippen LogP contribution is 2.30. The van der Waals surface area contributed by atoms with Crippen LogP contribution in [0.2, 0.25) is 0 Å². The Morgan fingerprint density at radius 1 is 1.22 bits per heavy atom. The Morgan fingerprint density at radius 3 is 2.52 bits per heavy atom. The Kier molecular flexibility index (Phi) is 9.40. The molecule has 2 aromatic rings. The second kappa shape index (κ2) is 11.0. The number of nitrogens with zero attached hydrogens (tertiary/aromatic N) is 3. The van der Waals surface area contributed by atoms with Gasteiger partial charge in [-0.25, -0.2) is 4.99 Å². The van der Waals surface area contributed by atoms with Crippen LogP contribution in [0.3, 0.4) is 0 Å². The normalized spacial score (nSPS) is 11.0. The van der Waals surface area contributed by atoms with Gasteiger partial charge in [0.25, 0.3) is 0 Å². The molecule has 1 aromatic carbocycles. The first-order valence-electron chi connectivity index (χ1n) is 8.85. The van der Waals surface area contributed by atoms with Crippen LogP contribution < -0.4 is 20.1 Å². The van der Waals surface area contributed by atoms with Crippen molar-refractivity contribution in [2.75, 3.05) is 25.6 Å². The second-order valence-corrected chi connectivity index (χ2v) is 5.89. The van der Waals surface area contributed by atoms with E-state index >= 15 is 0 Å². The molecule has 0 fully saturated rings. The molecule has 0 spiro atoms. The van der Waals surface area contributed by atoms with Crippen molar-refractivity contribution in [2.45, 2.75) is 34.2 Å². The van der Waals surface area contributed by atoms with E-state index in [1.807, 2.05) is 50.7 Å². The number of benzene rings is 1. The van der Waals surface area contributed by atoms with Gasteiger partial charge in [0.1, 0.15) is 0 Å². The van der Waals surface area contributed by atoms with Crippen LogP contribution in [0.4, 0.5) is 5.69 Å². The molecule has 0 bridgehead atoms. The van der Waals surface area contributed by atoms with Crippen molar-refractivity contribution >= 4 is 35.6 Å². The van der Waals surface area contributed by atoms with Gasteiger partial charge >= 0.3 is 0 Å². The number of hydrogen-bond acceptors (Lipinski definition) is 4. The molecule has 2 N–H and O–H groups in total. The molecule has 0 amide bonds. The van der Waals surface area contributed by atoms with Gasteiger partial charge in [-0.3, -0.25) is 4.68 Å². The van der Waals surface area contributed by atoms with Gasteiger partial charge in [0, 0.05) is 36.6 Å². The molecule has 1 heterocycles. The van der Waals surface area contributed by atoms with Crippen LogP contribution in [0.15, 0.2) is 23.2 Å². The Hall–Kier alpha value is -1.97. The fourth-order valence-corrected chi connectivity index (χ4v) is 2.67. The first kappa shape index (κ1) is 23.1. The standard InChI is InChI=1S/C19H29N5O2.HI/c1-7-20-19(21-12-16-13(3)23-24(5)14(16)4)22-15-9-10-17(25-6)18(11-15)26-8-2;/h9-11H,7-8,12H2,1-6H3,(H2,20,21,22);1H. The summed E-state index contributed by atoms with van der Waals surface area (Å²) >= 11 is 0. The maximum Gasteiger partial charge on any atom is 0.196 e. The molecule has 8 heteroatoms. The number of anilines is 1. The molecule has 150 valence electrons. The Morgan fingerprint density at radius 2 is 1.96 bits per heavy atom. The number of halogens is 1. The summed E-state index contributed by atoms with van der Waals surface area (Å²) in [7, 11) is 3.58. The first-order valence-corrected chi connectivity index (χ1v) is 8.85. The van der Waals surface area contributed by atoms with Crippen molar-refractivity contribution in [2.24, 2.45) is 12.0 Å². The number of methoxy groups -OCH3 is 1. The topological polar surface area (TPSA) is 72.7 Å². The van der Waals surface area contributed by atoms with Crippen molar-refractivity contribution in [3.63, 3.8) is 0 Å². The number of hydrogen-bond donors (Lipinski definition) is 2. The number of aliphatic imine (C=N–C) groups is 1. The van der Waals surface area contributed by atoms with E-state index in [2.05, 4.69) is 22.7 Å². The maximum absolute atomic E-state index is 5.64. The van der Waals surface area contributed by atoms with Gasteiger partial charge < -0.3 is 20.1 Å². The van der Waals surface area contributed by atoms with Gasteiger partial charge in [0.2, 0.25) is 0 Å². The van der Waals surface area contributed by atoms with E-state index in [-0.39, 0.29) is 24.0 Å². The lowest BCUT2D eigenvalue weighted by atomic mass is 10.2. The van der Waals surface area contributed by atoms with E-state index in [1.165, 1.54) is 0 Å². The molecule has 0 atom stereocenters. The number of ether oxygens (including phenoxy) is 2. The van der Waals surface area contributed by atoms with Crippen LogP contribution in [-0.4, -0.2) is 36.0 Å². The third-order valence-electron chi connectivity index (χ3n) is 4.12. The highest BCUT2D eigenvalue weighted by molar-refractivity contribution is 14.0. The van der Waals surface area contributed by atoms with E-state index in [0.717, 1.165) is 29.2 Å². The smallest absolute Gasteiger partial charge is 0.196 e. The van der Waals surface area contributed by atoms with Gasteiger partial charge in [-0.1, -0.05) is 0 Å². The highest BCUT2D eigenvalue weighted by Gasteiger charge is 2.10. The summed E-state index contributed by atoms with van der Waals surface area (Å²) in [6.45, 7) is 9.97. The molecular formula is C19H30IN5O2. The third-order valence-corrected chi connectivity index (χ3v) is 4.12. The molecule has 0 saturated heterocycles. The molecule has 7 nitrogen and oxygen atoms in total. The minimum absolute atomic E-state index is 0. The average molecular weight is 487 g/mol. The molecule has 0 aliphatic heterocycles. The third kappa shape index (κ3) is 6.02. The maximum atomic E-state index is 5.64. The zero-order valence-electron chi connectivity index (χ0n) is 16.9. The summed E-state index contributed by atoms with van der Waals surface area (Å²) in [6.07, 6.45) is 0. The molecule has 0 saturated carbocycles. The van der Waals surface area contributed by atoms with Gasteiger partial charge in [0.15, 0.2) is 17.5 Å². The summed E-state index contributed by atoms with van der Waals surface area (Å²) in [5.74, 6) is 2.12.